The van der Waals surface area contributed by atoms with Crippen LogP contribution in [-0.2, 0) is 13.6 Å². The first-order chi connectivity index (χ1) is 6.81. The minimum atomic E-state index is -2.06. The van der Waals surface area contributed by atoms with Crippen LogP contribution in [0, 0.1) is 0 Å². The van der Waals surface area contributed by atoms with Crippen LogP contribution < -0.4 is 10.6 Å². The zero-order valence-electron chi connectivity index (χ0n) is 8.07. The van der Waals surface area contributed by atoms with Gasteiger partial charge >= 0.3 is 8.25 Å². The van der Waals surface area contributed by atoms with Gasteiger partial charge in [-0.05, 0) is 0 Å². The van der Waals surface area contributed by atoms with E-state index in [0.29, 0.717) is 13.1 Å². The van der Waals surface area contributed by atoms with Crippen molar-refractivity contribution in [1.82, 2.24) is 10.6 Å². The third-order valence-corrected chi connectivity index (χ3v) is 1.80. The smallest absolute Gasteiger partial charge is 0.287 e. The molecule has 0 saturated carbocycles. The maximum atomic E-state index is 10.9. The molecular formula is C8H16N2O3P+. The van der Waals surface area contributed by atoms with Gasteiger partial charge in [-0.25, -0.2) is 0 Å². The molecule has 0 aromatic carbocycles. The van der Waals surface area contributed by atoms with E-state index in [-0.39, 0.29) is 13.5 Å². The van der Waals surface area contributed by atoms with Crippen molar-refractivity contribution in [2.75, 3.05) is 26.6 Å². The summed E-state index contributed by atoms with van der Waals surface area (Å²) >= 11 is 0. The molecular weight excluding hydrogens is 203 g/mol. The van der Waals surface area contributed by atoms with Crippen LogP contribution in [0.2, 0.25) is 0 Å². The van der Waals surface area contributed by atoms with Gasteiger partial charge in [0.05, 0.1) is 0 Å². The van der Waals surface area contributed by atoms with Gasteiger partial charge in [-0.2, -0.15) is 0 Å². The lowest BCUT2D eigenvalue weighted by Gasteiger charge is -1.94. The Hall–Kier alpha value is -0.580. The summed E-state index contributed by atoms with van der Waals surface area (Å²) in [4.78, 5) is 0. The molecule has 2 N–H and O–H groups in total. The van der Waals surface area contributed by atoms with Crippen molar-refractivity contribution in [3.8, 4) is 0 Å². The molecule has 14 heavy (non-hydrogen) atoms. The van der Waals surface area contributed by atoms with Crippen LogP contribution in [-0.4, -0.2) is 26.6 Å². The van der Waals surface area contributed by atoms with Crippen molar-refractivity contribution in [3.05, 3.63) is 25.3 Å². The van der Waals surface area contributed by atoms with E-state index in [4.69, 9.17) is 9.05 Å². The molecule has 6 heteroatoms. The zero-order valence-corrected chi connectivity index (χ0v) is 8.96. The molecule has 0 amide bonds. The average Bonchev–Trinajstić information content (AvgIpc) is 2.19. The monoisotopic (exact) mass is 219 g/mol. The van der Waals surface area contributed by atoms with Crippen molar-refractivity contribution in [1.29, 1.82) is 0 Å². The lowest BCUT2D eigenvalue weighted by atomic mass is 10.6. The standard InChI is InChI=1S/C8H16N2O3P/c1-3-5-9-7-12-14(11)13-8-10-6-4-2/h3-4,9-10H,1-2,5-8H2/q+1. The molecule has 0 spiro atoms. The van der Waals surface area contributed by atoms with E-state index in [2.05, 4.69) is 23.8 Å². The molecule has 0 unspecified atom stereocenters. The Morgan fingerprint density at radius 3 is 1.86 bits per heavy atom. The Kier molecular flexibility index (Phi) is 10.1. The van der Waals surface area contributed by atoms with Gasteiger partial charge in [0.2, 0.25) is 0 Å². The molecule has 0 bridgehead atoms. The molecule has 0 aliphatic carbocycles. The van der Waals surface area contributed by atoms with Crippen LogP contribution in [0.15, 0.2) is 25.3 Å². The third kappa shape index (κ3) is 9.51. The molecule has 0 radical (unpaired) electrons. The second kappa shape index (κ2) is 10.5. The van der Waals surface area contributed by atoms with Crippen molar-refractivity contribution < 1.29 is 13.6 Å². The van der Waals surface area contributed by atoms with Crippen LogP contribution >= 0.6 is 8.25 Å². The van der Waals surface area contributed by atoms with E-state index >= 15 is 0 Å². The first kappa shape index (κ1) is 13.4. The molecule has 0 aliphatic heterocycles. The Morgan fingerprint density at radius 2 is 1.50 bits per heavy atom. The minimum absolute atomic E-state index is 0.183. The second-order valence-electron chi connectivity index (χ2n) is 2.26. The Labute approximate surface area is 85.1 Å². The Bertz CT molecular complexity index is 169. The molecule has 0 aromatic heterocycles. The summed E-state index contributed by atoms with van der Waals surface area (Å²) < 4.78 is 20.5. The van der Waals surface area contributed by atoms with Gasteiger partial charge in [-0.3, -0.25) is 10.6 Å². The second-order valence-corrected chi connectivity index (χ2v) is 3.22. The fourth-order valence-corrected chi connectivity index (χ4v) is 1.02. The summed E-state index contributed by atoms with van der Waals surface area (Å²) in [5.74, 6) is 0. The minimum Gasteiger partial charge on any atom is -0.287 e. The molecule has 5 nitrogen and oxygen atoms in total. The quantitative estimate of drug-likeness (QED) is 0.250. The van der Waals surface area contributed by atoms with Gasteiger partial charge in [0.1, 0.15) is 0 Å². The highest BCUT2D eigenvalue weighted by molar-refractivity contribution is 7.33. The molecule has 0 heterocycles. The summed E-state index contributed by atoms with van der Waals surface area (Å²) in [6.45, 7) is 8.60. The van der Waals surface area contributed by atoms with E-state index in [1.165, 1.54) is 0 Å². The topological polar surface area (TPSA) is 59.6 Å². The Balaban J connectivity index is 3.19. The fourth-order valence-electron chi connectivity index (χ4n) is 0.556. The number of rotatable bonds is 10. The number of hydrogen-bond donors (Lipinski definition) is 2. The van der Waals surface area contributed by atoms with Gasteiger partial charge in [-0.15, -0.1) is 22.2 Å². The van der Waals surface area contributed by atoms with E-state index in [9.17, 15) is 4.57 Å². The van der Waals surface area contributed by atoms with Crippen molar-refractivity contribution in [2.45, 2.75) is 0 Å². The summed E-state index contributed by atoms with van der Waals surface area (Å²) in [7, 11) is -2.06. The van der Waals surface area contributed by atoms with Crippen LogP contribution in [0.3, 0.4) is 0 Å². The predicted molar refractivity (Wildman–Crippen MR) is 55.9 cm³/mol. The van der Waals surface area contributed by atoms with Crippen LogP contribution in [0.25, 0.3) is 0 Å². The molecule has 0 rings (SSSR count). The highest BCUT2D eigenvalue weighted by Gasteiger charge is 2.18. The fraction of sp³-hybridized carbons (Fsp3) is 0.500. The number of nitrogens with one attached hydrogen (secondary N) is 2. The van der Waals surface area contributed by atoms with Crippen LogP contribution in [0.5, 0.6) is 0 Å². The molecule has 0 fully saturated rings. The maximum absolute atomic E-state index is 10.9. The molecule has 0 atom stereocenters. The molecule has 0 saturated heterocycles. The molecule has 0 aromatic rings. The van der Waals surface area contributed by atoms with Crippen LogP contribution in [0.4, 0.5) is 0 Å². The SMILES string of the molecule is C=CCNCO[P+](=O)OCNCC=C. The van der Waals surface area contributed by atoms with Crippen LogP contribution in [0.1, 0.15) is 0 Å². The average molecular weight is 219 g/mol. The lowest BCUT2D eigenvalue weighted by molar-refractivity contribution is 0.205. The summed E-state index contributed by atoms with van der Waals surface area (Å²) in [6, 6.07) is 0. The zero-order chi connectivity index (χ0) is 10.6. The largest absolute Gasteiger partial charge is 0.700 e. The predicted octanol–water partition coefficient (Wildman–Crippen LogP) is 1.14. The first-order valence-corrected chi connectivity index (χ1v) is 5.27. The van der Waals surface area contributed by atoms with E-state index in [0.717, 1.165) is 0 Å². The molecule has 0 aliphatic rings. The number of hydrogen-bond acceptors (Lipinski definition) is 5. The summed E-state index contributed by atoms with van der Waals surface area (Å²) in [5.41, 5.74) is 0. The normalized spacial score (nSPS) is 9.71. The Morgan fingerprint density at radius 1 is 1.07 bits per heavy atom. The van der Waals surface area contributed by atoms with E-state index in [1.54, 1.807) is 12.2 Å². The third-order valence-electron chi connectivity index (χ3n) is 1.12. The van der Waals surface area contributed by atoms with Gasteiger partial charge in [0.15, 0.2) is 13.5 Å². The van der Waals surface area contributed by atoms with Crippen molar-refractivity contribution >= 4 is 8.25 Å². The summed E-state index contributed by atoms with van der Waals surface area (Å²) in [5, 5.41) is 5.65. The van der Waals surface area contributed by atoms with E-state index in [1.807, 2.05) is 0 Å². The lowest BCUT2D eigenvalue weighted by Crippen LogP contribution is -2.17. The van der Waals surface area contributed by atoms with Crippen molar-refractivity contribution in [2.24, 2.45) is 0 Å². The highest BCUT2D eigenvalue weighted by atomic mass is 31.1. The summed E-state index contributed by atoms with van der Waals surface area (Å²) in [6.07, 6.45) is 3.37. The van der Waals surface area contributed by atoms with Gasteiger partial charge in [0.25, 0.3) is 0 Å². The highest BCUT2D eigenvalue weighted by Crippen LogP contribution is 2.21. The molecule has 80 valence electrons. The van der Waals surface area contributed by atoms with Gasteiger partial charge in [0, 0.05) is 17.7 Å². The van der Waals surface area contributed by atoms with Crippen molar-refractivity contribution in [3.63, 3.8) is 0 Å². The van der Waals surface area contributed by atoms with Gasteiger partial charge < -0.3 is 0 Å². The van der Waals surface area contributed by atoms with E-state index < -0.39 is 8.25 Å². The van der Waals surface area contributed by atoms with Gasteiger partial charge in [-0.1, -0.05) is 12.2 Å². The first-order valence-electron chi connectivity index (χ1n) is 4.17. The maximum Gasteiger partial charge on any atom is 0.700 e.